The average Bonchev–Trinajstić information content (AvgIpc) is 2.48. The zero-order valence-electron chi connectivity index (χ0n) is 11.9. The molecule has 2 heterocycles. The number of morpholine rings is 1. The van der Waals surface area contributed by atoms with E-state index in [2.05, 4.69) is 19.2 Å². The molecule has 0 aliphatic carbocycles. The molecule has 2 rings (SSSR count). The molecule has 0 saturated carbocycles. The van der Waals surface area contributed by atoms with E-state index in [4.69, 9.17) is 9.47 Å². The number of rotatable bonds is 3. The van der Waals surface area contributed by atoms with Gasteiger partial charge in [-0.1, -0.05) is 0 Å². The van der Waals surface area contributed by atoms with Gasteiger partial charge < -0.3 is 14.8 Å². The fourth-order valence-corrected chi connectivity index (χ4v) is 3.20. The predicted octanol–water partition coefficient (Wildman–Crippen LogP) is 1.53. The number of nitrogens with one attached hydrogen (secondary N) is 1. The maximum Gasteiger partial charge on any atom is 0.140 e. The topological polar surface area (TPSA) is 47.6 Å². The normalized spacial score (nSPS) is 34.4. The van der Waals surface area contributed by atoms with Gasteiger partial charge in [-0.15, -0.1) is 0 Å². The lowest BCUT2D eigenvalue weighted by molar-refractivity contribution is -0.130. The summed E-state index contributed by atoms with van der Waals surface area (Å²) >= 11 is 0. The number of hydrogen-bond donors (Lipinski definition) is 1. The maximum atomic E-state index is 12.4. The van der Waals surface area contributed by atoms with Crippen LogP contribution in [0.5, 0.6) is 0 Å². The summed E-state index contributed by atoms with van der Waals surface area (Å²) in [5, 5.41) is 3.33. The third-order valence-electron chi connectivity index (χ3n) is 3.91. The van der Waals surface area contributed by atoms with Gasteiger partial charge in [-0.25, -0.2) is 0 Å². The zero-order valence-corrected chi connectivity index (χ0v) is 11.9. The van der Waals surface area contributed by atoms with Crippen LogP contribution in [0.15, 0.2) is 0 Å². The van der Waals surface area contributed by atoms with Gasteiger partial charge >= 0.3 is 0 Å². The van der Waals surface area contributed by atoms with Crippen LogP contribution >= 0.6 is 0 Å². The maximum absolute atomic E-state index is 12.4. The lowest BCUT2D eigenvalue weighted by atomic mass is 9.82. The Hall–Kier alpha value is -0.450. The van der Waals surface area contributed by atoms with Gasteiger partial charge in [0.25, 0.3) is 0 Å². The summed E-state index contributed by atoms with van der Waals surface area (Å²) in [6, 6.07) is 0.172. The third-order valence-corrected chi connectivity index (χ3v) is 3.91. The van der Waals surface area contributed by atoms with Gasteiger partial charge in [-0.3, -0.25) is 4.79 Å². The van der Waals surface area contributed by atoms with Crippen LogP contribution < -0.4 is 5.32 Å². The molecule has 1 N–H and O–H groups in total. The quantitative estimate of drug-likeness (QED) is 0.831. The smallest absolute Gasteiger partial charge is 0.140 e. The zero-order chi connectivity index (χ0) is 13.4. The van der Waals surface area contributed by atoms with E-state index in [-0.39, 0.29) is 23.2 Å². The van der Waals surface area contributed by atoms with Gasteiger partial charge in [0, 0.05) is 24.9 Å². The third kappa shape index (κ3) is 3.11. The fourth-order valence-electron chi connectivity index (χ4n) is 3.20. The Morgan fingerprint density at radius 3 is 2.56 bits per heavy atom. The van der Waals surface area contributed by atoms with Crippen molar-refractivity contribution in [3.63, 3.8) is 0 Å². The molecule has 2 aliphatic rings. The van der Waals surface area contributed by atoms with E-state index in [1.54, 1.807) is 0 Å². The molecule has 0 aromatic rings. The van der Waals surface area contributed by atoms with E-state index in [0.717, 1.165) is 19.6 Å². The van der Waals surface area contributed by atoms with Crippen molar-refractivity contribution in [3.05, 3.63) is 0 Å². The van der Waals surface area contributed by atoms with Crippen LogP contribution in [0.2, 0.25) is 0 Å². The molecular formula is C14H25NO3. The molecule has 0 amide bonds. The molecule has 0 spiro atoms. The summed E-state index contributed by atoms with van der Waals surface area (Å²) in [7, 11) is 0. The van der Waals surface area contributed by atoms with E-state index >= 15 is 0 Å². The van der Waals surface area contributed by atoms with Crippen LogP contribution in [0.1, 0.15) is 40.5 Å². The second-order valence-electron chi connectivity index (χ2n) is 6.62. The minimum atomic E-state index is -0.351. The Balaban J connectivity index is 1.96. The molecule has 2 unspecified atom stereocenters. The van der Waals surface area contributed by atoms with Crippen LogP contribution in [0.25, 0.3) is 0 Å². The van der Waals surface area contributed by atoms with Gasteiger partial charge in [-0.05, 0) is 34.1 Å². The standard InChI is InChI=1S/C14H25NO3/c1-13(2)8-11(14(3,4)18-13)12(16)7-10-9-17-6-5-15-10/h10-11,15H,5-9H2,1-4H3. The molecule has 2 aliphatic heterocycles. The van der Waals surface area contributed by atoms with E-state index < -0.39 is 0 Å². The van der Waals surface area contributed by atoms with Crippen molar-refractivity contribution in [3.8, 4) is 0 Å². The largest absolute Gasteiger partial charge is 0.379 e. The molecule has 4 heteroatoms. The van der Waals surface area contributed by atoms with Crippen LogP contribution in [-0.4, -0.2) is 42.8 Å². The first-order valence-electron chi connectivity index (χ1n) is 6.84. The van der Waals surface area contributed by atoms with Crippen molar-refractivity contribution in [2.45, 2.75) is 57.8 Å². The number of ether oxygens (including phenoxy) is 2. The Morgan fingerprint density at radius 2 is 2.06 bits per heavy atom. The Bertz CT molecular complexity index is 319. The molecule has 2 atom stereocenters. The van der Waals surface area contributed by atoms with E-state index in [0.29, 0.717) is 18.8 Å². The van der Waals surface area contributed by atoms with Crippen LogP contribution in [0, 0.1) is 5.92 Å². The van der Waals surface area contributed by atoms with Crippen LogP contribution in [-0.2, 0) is 14.3 Å². The molecule has 0 aromatic heterocycles. The Morgan fingerprint density at radius 1 is 1.33 bits per heavy atom. The highest BCUT2D eigenvalue weighted by molar-refractivity contribution is 5.83. The van der Waals surface area contributed by atoms with Gasteiger partial charge in [0.2, 0.25) is 0 Å². The first kappa shape index (κ1) is 14.0. The number of carbonyl (C=O) groups excluding carboxylic acids is 1. The Labute approximate surface area is 109 Å². The molecule has 104 valence electrons. The SMILES string of the molecule is CC1(C)CC(C(=O)CC2COCCN2)C(C)(C)O1. The monoisotopic (exact) mass is 255 g/mol. The van der Waals surface area contributed by atoms with Gasteiger partial charge in [0.15, 0.2) is 0 Å². The molecule has 18 heavy (non-hydrogen) atoms. The lowest BCUT2D eigenvalue weighted by Crippen LogP contribution is -2.44. The first-order chi connectivity index (χ1) is 8.30. The van der Waals surface area contributed by atoms with Gasteiger partial charge in [-0.2, -0.15) is 0 Å². The van der Waals surface area contributed by atoms with Crippen molar-refractivity contribution < 1.29 is 14.3 Å². The van der Waals surface area contributed by atoms with E-state index in [1.807, 2.05) is 13.8 Å². The fraction of sp³-hybridized carbons (Fsp3) is 0.929. The second-order valence-corrected chi connectivity index (χ2v) is 6.62. The van der Waals surface area contributed by atoms with Gasteiger partial charge in [0.05, 0.1) is 24.4 Å². The van der Waals surface area contributed by atoms with Crippen LogP contribution in [0.4, 0.5) is 0 Å². The number of carbonyl (C=O) groups is 1. The molecule has 0 bridgehead atoms. The minimum absolute atomic E-state index is 0.00349. The summed E-state index contributed by atoms with van der Waals surface area (Å²) in [6.45, 7) is 10.4. The highest BCUT2D eigenvalue weighted by Gasteiger charge is 2.49. The van der Waals surface area contributed by atoms with Gasteiger partial charge in [0.1, 0.15) is 5.78 Å². The second kappa shape index (κ2) is 4.91. The molecule has 0 aromatic carbocycles. The number of hydrogen-bond acceptors (Lipinski definition) is 4. The highest BCUT2D eigenvalue weighted by atomic mass is 16.5. The molecular weight excluding hydrogens is 230 g/mol. The number of ketones is 1. The van der Waals surface area contributed by atoms with E-state index in [9.17, 15) is 4.79 Å². The first-order valence-corrected chi connectivity index (χ1v) is 6.84. The summed E-state index contributed by atoms with van der Waals surface area (Å²) in [6.07, 6.45) is 1.36. The average molecular weight is 255 g/mol. The Kier molecular flexibility index (Phi) is 3.81. The number of Topliss-reactive ketones (excluding diaryl/α,β-unsaturated/α-hetero) is 1. The summed E-state index contributed by atoms with van der Waals surface area (Å²) in [5.41, 5.74) is -0.545. The summed E-state index contributed by atoms with van der Waals surface area (Å²) in [4.78, 5) is 12.4. The van der Waals surface area contributed by atoms with Crippen molar-refractivity contribution in [2.24, 2.45) is 5.92 Å². The summed E-state index contributed by atoms with van der Waals surface area (Å²) in [5.74, 6) is 0.296. The van der Waals surface area contributed by atoms with Crippen molar-refractivity contribution in [2.75, 3.05) is 19.8 Å². The predicted molar refractivity (Wildman–Crippen MR) is 69.6 cm³/mol. The molecule has 2 saturated heterocycles. The van der Waals surface area contributed by atoms with Crippen molar-refractivity contribution >= 4 is 5.78 Å². The molecule has 0 radical (unpaired) electrons. The van der Waals surface area contributed by atoms with Crippen LogP contribution in [0.3, 0.4) is 0 Å². The minimum Gasteiger partial charge on any atom is -0.379 e. The lowest BCUT2D eigenvalue weighted by Gasteiger charge is -2.28. The highest BCUT2D eigenvalue weighted by Crippen LogP contribution is 2.42. The molecule has 2 fully saturated rings. The van der Waals surface area contributed by atoms with E-state index in [1.165, 1.54) is 0 Å². The van der Waals surface area contributed by atoms with Crippen molar-refractivity contribution in [1.82, 2.24) is 5.32 Å². The van der Waals surface area contributed by atoms with Crippen molar-refractivity contribution in [1.29, 1.82) is 0 Å². The summed E-state index contributed by atoms with van der Waals surface area (Å²) < 4.78 is 11.4. The molecule has 4 nitrogen and oxygen atoms in total.